The Morgan fingerprint density at radius 2 is 1.83 bits per heavy atom. The second-order valence-corrected chi connectivity index (χ2v) is 8.08. The number of carbonyl (C=O) groups excluding carboxylic acids is 2. The average molecular weight is 396 g/mol. The number of aromatic amines is 1. The molecule has 154 valence electrons. The molecule has 7 nitrogen and oxygen atoms in total. The highest BCUT2D eigenvalue weighted by Gasteiger charge is 2.35. The van der Waals surface area contributed by atoms with Crippen LogP contribution in [0.15, 0.2) is 30.3 Å². The van der Waals surface area contributed by atoms with Crippen molar-refractivity contribution in [2.45, 2.75) is 51.5 Å². The van der Waals surface area contributed by atoms with E-state index in [0.717, 1.165) is 55.6 Å². The number of rotatable bonds is 5. The number of hydrogen-bond acceptors (Lipinski definition) is 4. The molecular formula is C22H29N5O2. The smallest absolute Gasteiger partial charge is 0.253 e. The fraction of sp³-hybridized carbons (Fsp3) is 0.545. The quantitative estimate of drug-likeness (QED) is 0.843. The molecule has 1 saturated heterocycles. The van der Waals surface area contributed by atoms with Gasteiger partial charge in [0.1, 0.15) is 0 Å². The number of likely N-dealkylation sites (tertiary alicyclic amines) is 1. The molecule has 0 bridgehead atoms. The van der Waals surface area contributed by atoms with E-state index in [9.17, 15) is 9.59 Å². The first kappa shape index (κ1) is 19.6. The molecule has 29 heavy (non-hydrogen) atoms. The van der Waals surface area contributed by atoms with Gasteiger partial charge in [0.25, 0.3) is 5.91 Å². The van der Waals surface area contributed by atoms with Crippen molar-refractivity contribution < 1.29 is 9.59 Å². The van der Waals surface area contributed by atoms with Gasteiger partial charge in [-0.2, -0.15) is 15.4 Å². The molecule has 1 atom stereocenters. The van der Waals surface area contributed by atoms with E-state index in [2.05, 4.69) is 27.2 Å². The molecule has 2 aliphatic rings. The highest BCUT2D eigenvalue weighted by atomic mass is 16.2. The molecular weight excluding hydrogens is 366 g/mol. The first-order chi connectivity index (χ1) is 14.2. The molecule has 2 amide bonds. The molecule has 1 unspecified atom stereocenters. The van der Waals surface area contributed by atoms with E-state index < -0.39 is 0 Å². The average Bonchev–Trinajstić information content (AvgIpc) is 3.25. The zero-order valence-corrected chi connectivity index (χ0v) is 17.0. The number of fused-ring (bicyclic) bond motifs is 1. The monoisotopic (exact) mass is 395 g/mol. The van der Waals surface area contributed by atoms with Gasteiger partial charge in [0.15, 0.2) is 0 Å². The zero-order valence-electron chi connectivity index (χ0n) is 17.0. The maximum absolute atomic E-state index is 13.3. The summed E-state index contributed by atoms with van der Waals surface area (Å²) in [5, 5.41) is 11.1. The Hall–Kier alpha value is -2.70. The molecule has 2 heterocycles. The third-order valence-corrected chi connectivity index (χ3v) is 6.18. The van der Waals surface area contributed by atoms with Crippen molar-refractivity contribution in [3.05, 3.63) is 47.3 Å². The highest BCUT2D eigenvalue weighted by molar-refractivity contribution is 5.94. The number of piperidine rings is 1. The summed E-state index contributed by atoms with van der Waals surface area (Å²) < 4.78 is 0. The minimum absolute atomic E-state index is 0.0110. The first-order valence-electron chi connectivity index (χ1n) is 10.7. The lowest BCUT2D eigenvalue weighted by molar-refractivity contribution is -0.139. The van der Waals surface area contributed by atoms with Gasteiger partial charge in [0.2, 0.25) is 5.91 Å². The molecule has 0 saturated carbocycles. The van der Waals surface area contributed by atoms with Crippen LogP contribution >= 0.6 is 0 Å². The maximum atomic E-state index is 13.3. The van der Waals surface area contributed by atoms with E-state index >= 15 is 0 Å². The molecule has 1 aromatic heterocycles. The second-order valence-electron chi connectivity index (χ2n) is 8.08. The zero-order chi connectivity index (χ0) is 20.2. The van der Waals surface area contributed by atoms with Gasteiger partial charge in [-0.05, 0) is 44.2 Å². The fourth-order valence-electron chi connectivity index (χ4n) is 4.59. The van der Waals surface area contributed by atoms with Gasteiger partial charge in [-0.25, -0.2) is 0 Å². The summed E-state index contributed by atoms with van der Waals surface area (Å²) in [5.41, 5.74) is 2.68. The van der Waals surface area contributed by atoms with Crippen LogP contribution in [0.4, 0.5) is 0 Å². The largest absolute Gasteiger partial charge is 0.339 e. The summed E-state index contributed by atoms with van der Waals surface area (Å²) in [6, 6.07) is 9.65. The van der Waals surface area contributed by atoms with Crippen molar-refractivity contribution in [3.63, 3.8) is 0 Å². The van der Waals surface area contributed by atoms with Crippen molar-refractivity contribution in [1.29, 1.82) is 0 Å². The Morgan fingerprint density at radius 3 is 2.55 bits per heavy atom. The molecule has 1 fully saturated rings. The van der Waals surface area contributed by atoms with E-state index in [1.165, 1.54) is 0 Å². The van der Waals surface area contributed by atoms with Gasteiger partial charge < -0.3 is 9.80 Å². The third kappa shape index (κ3) is 4.18. The van der Waals surface area contributed by atoms with Crippen molar-refractivity contribution in [2.75, 3.05) is 19.6 Å². The van der Waals surface area contributed by atoms with Crippen molar-refractivity contribution >= 4 is 11.8 Å². The van der Waals surface area contributed by atoms with Crippen molar-refractivity contribution in [3.8, 4) is 0 Å². The number of aryl methyl sites for hydroxylation is 1. The van der Waals surface area contributed by atoms with Crippen LogP contribution in [0, 0.1) is 5.92 Å². The summed E-state index contributed by atoms with van der Waals surface area (Å²) in [4.78, 5) is 30.0. The summed E-state index contributed by atoms with van der Waals surface area (Å²) in [6.45, 7) is 4.29. The van der Waals surface area contributed by atoms with E-state index in [1.807, 2.05) is 35.2 Å². The van der Waals surface area contributed by atoms with Crippen LogP contribution in [0.3, 0.4) is 0 Å². The third-order valence-electron chi connectivity index (χ3n) is 6.18. The predicted octanol–water partition coefficient (Wildman–Crippen LogP) is 2.45. The van der Waals surface area contributed by atoms with Crippen LogP contribution < -0.4 is 0 Å². The molecule has 0 radical (unpaired) electrons. The van der Waals surface area contributed by atoms with Crippen LogP contribution in [0.1, 0.15) is 54.4 Å². The normalized spacial score (nSPS) is 19.6. The molecule has 4 rings (SSSR count). The Bertz CT molecular complexity index is 842. The van der Waals surface area contributed by atoms with Crippen LogP contribution in [-0.2, 0) is 17.6 Å². The minimum Gasteiger partial charge on any atom is -0.339 e. The lowest BCUT2D eigenvalue weighted by atomic mass is 9.87. The van der Waals surface area contributed by atoms with Crippen molar-refractivity contribution in [2.24, 2.45) is 5.92 Å². The second kappa shape index (κ2) is 8.76. The van der Waals surface area contributed by atoms with Gasteiger partial charge in [0.05, 0.1) is 11.4 Å². The highest BCUT2D eigenvalue weighted by Crippen LogP contribution is 2.27. The Balaban J connectivity index is 1.38. The lowest BCUT2D eigenvalue weighted by Gasteiger charge is -2.40. The van der Waals surface area contributed by atoms with Crippen LogP contribution in [0.2, 0.25) is 0 Å². The van der Waals surface area contributed by atoms with Gasteiger partial charge >= 0.3 is 0 Å². The fourth-order valence-corrected chi connectivity index (χ4v) is 4.59. The SMILES string of the molecule is CCCN(C(=O)C1CCc2n[nH]nc2C1)C1CCN(C(=O)c2ccccc2)CC1. The lowest BCUT2D eigenvalue weighted by Crippen LogP contribution is -2.51. The number of amides is 2. The topological polar surface area (TPSA) is 82.2 Å². The summed E-state index contributed by atoms with van der Waals surface area (Å²) in [5.74, 6) is 0.319. The van der Waals surface area contributed by atoms with Gasteiger partial charge in [-0.3, -0.25) is 9.59 Å². The molecule has 2 aromatic rings. The maximum Gasteiger partial charge on any atom is 0.253 e. The van der Waals surface area contributed by atoms with Crippen molar-refractivity contribution in [1.82, 2.24) is 25.2 Å². The number of nitrogens with one attached hydrogen (secondary N) is 1. The molecule has 1 N–H and O–H groups in total. The Kier molecular flexibility index (Phi) is 5.92. The summed E-state index contributed by atoms with van der Waals surface area (Å²) in [7, 11) is 0. The van der Waals surface area contributed by atoms with Crippen LogP contribution in [0.25, 0.3) is 0 Å². The number of hydrogen-bond donors (Lipinski definition) is 1. The molecule has 1 aromatic carbocycles. The van der Waals surface area contributed by atoms with E-state index in [-0.39, 0.29) is 23.8 Å². The van der Waals surface area contributed by atoms with E-state index in [1.54, 1.807) is 0 Å². The van der Waals surface area contributed by atoms with Gasteiger partial charge in [0, 0.05) is 43.6 Å². The summed E-state index contributed by atoms with van der Waals surface area (Å²) in [6.07, 6.45) is 4.95. The number of benzene rings is 1. The molecule has 0 spiro atoms. The Morgan fingerprint density at radius 1 is 1.10 bits per heavy atom. The predicted molar refractivity (Wildman–Crippen MR) is 109 cm³/mol. The summed E-state index contributed by atoms with van der Waals surface area (Å²) >= 11 is 0. The van der Waals surface area contributed by atoms with Gasteiger partial charge in [-0.15, -0.1) is 0 Å². The number of nitrogens with zero attached hydrogens (tertiary/aromatic N) is 4. The Labute approximate surface area is 171 Å². The molecule has 1 aliphatic heterocycles. The van der Waals surface area contributed by atoms with E-state index in [4.69, 9.17) is 0 Å². The van der Waals surface area contributed by atoms with Crippen LogP contribution in [0.5, 0.6) is 0 Å². The molecule has 7 heteroatoms. The number of carbonyl (C=O) groups is 2. The van der Waals surface area contributed by atoms with Gasteiger partial charge in [-0.1, -0.05) is 25.1 Å². The first-order valence-corrected chi connectivity index (χ1v) is 10.7. The number of aromatic nitrogens is 3. The number of H-pyrrole nitrogens is 1. The van der Waals surface area contributed by atoms with Crippen LogP contribution in [-0.4, -0.2) is 62.7 Å². The standard InChI is InChI=1S/C22H29N5O2/c1-2-12-27(22(29)17-8-9-19-20(15-17)24-25-23-19)18-10-13-26(14-11-18)21(28)16-6-4-3-5-7-16/h3-7,17-18H,2,8-15H2,1H3,(H,23,24,25). The van der Waals surface area contributed by atoms with E-state index in [0.29, 0.717) is 19.5 Å². The minimum atomic E-state index is -0.0110. The molecule has 1 aliphatic carbocycles.